The highest BCUT2D eigenvalue weighted by atomic mass is 35.5. The zero-order valence-electron chi connectivity index (χ0n) is 12.1. The van der Waals surface area contributed by atoms with E-state index in [0.29, 0.717) is 12.6 Å². The fourth-order valence-corrected chi connectivity index (χ4v) is 3.44. The van der Waals surface area contributed by atoms with Gasteiger partial charge < -0.3 is 4.90 Å². The number of nitrogens with zero attached hydrogens (tertiary/aromatic N) is 3. The summed E-state index contributed by atoms with van der Waals surface area (Å²) in [6.45, 7) is 2.08. The predicted molar refractivity (Wildman–Crippen MR) is 78.1 cm³/mol. The molecule has 124 valence electrons. The van der Waals surface area contributed by atoms with E-state index in [2.05, 4.69) is 5.10 Å². The first-order valence-electron chi connectivity index (χ1n) is 6.39. The molecule has 10 heteroatoms. The number of rotatable bonds is 3. The Balaban J connectivity index is 2.53. The summed E-state index contributed by atoms with van der Waals surface area (Å²) >= 11 is 5.83. The average Bonchev–Trinajstić information content (AvgIpc) is 2.87. The monoisotopic (exact) mass is 363 g/mol. The summed E-state index contributed by atoms with van der Waals surface area (Å²) in [6, 6.07) is 1.41. The van der Waals surface area contributed by atoms with Gasteiger partial charge in [-0.3, -0.25) is 0 Å². The molecule has 1 heterocycles. The quantitative estimate of drug-likeness (QED) is 0.786. The van der Waals surface area contributed by atoms with Gasteiger partial charge in [0.25, 0.3) is 0 Å². The predicted octanol–water partition coefficient (Wildman–Crippen LogP) is 2.57. The Morgan fingerprint density at radius 1 is 1.39 bits per heavy atom. The topological polar surface area (TPSA) is 72.3 Å². The van der Waals surface area contributed by atoms with Gasteiger partial charge in [0.1, 0.15) is 16.5 Å². The second-order valence-electron chi connectivity index (χ2n) is 4.60. The van der Waals surface area contributed by atoms with Crippen molar-refractivity contribution < 1.29 is 22.0 Å². The van der Waals surface area contributed by atoms with Gasteiger partial charge in [0, 0.05) is 19.7 Å². The lowest BCUT2D eigenvalue weighted by molar-refractivity contribution is 0.209. The average molecular weight is 364 g/mol. The van der Waals surface area contributed by atoms with Crippen molar-refractivity contribution in [3.05, 3.63) is 41.1 Å². The first-order chi connectivity index (χ1) is 10.7. The minimum absolute atomic E-state index is 0.341. The molecule has 0 unspecified atom stereocenters. The normalized spacial score (nSPS) is 11.5. The molecule has 0 aliphatic rings. The van der Waals surface area contributed by atoms with Crippen LogP contribution in [0.2, 0.25) is 5.02 Å². The van der Waals surface area contributed by atoms with Crippen molar-refractivity contribution in [2.75, 3.05) is 13.6 Å². The van der Waals surface area contributed by atoms with Crippen LogP contribution in [0.15, 0.2) is 34.3 Å². The lowest BCUT2D eigenvalue weighted by Crippen LogP contribution is -2.31. The molecule has 0 fully saturated rings. The van der Waals surface area contributed by atoms with Crippen molar-refractivity contribution in [3.63, 3.8) is 0 Å². The van der Waals surface area contributed by atoms with Crippen molar-refractivity contribution in [2.24, 2.45) is 0 Å². The summed E-state index contributed by atoms with van der Waals surface area (Å²) in [4.78, 5) is 12.5. The molecule has 23 heavy (non-hydrogen) atoms. The highest BCUT2D eigenvalue weighted by Gasteiger charge is 2.29. The van der Waals surface area contributed by atoms with Crippen LogP contribution in [0.25, 0.3) is 0 Å². The summed E-state index contributed by atoms with van der Waals surface area (Å²) in [5.74, 6) is -2.19. The van der Waals surface area contributed by atoms with E-state index in [1.807, 2.05) is 0 Å². The molecule has 0 spiro atoms. The lowest BCUT2D eigenvalue weighted by atomic mass is 10.3. The van der Waals surface area contributed by atoms with E-state index in [4.69, 9.17) is 11.6 Å². The molecule has 0 aliphatic carbocycles. The van der Waals surface area contributed by atoms with Crippen molar-refractivity contribution in [1.82, 2.24) is 14.7 Å². The molecule has 0 atom stereocenters. The number of carbonyl (C=O) groups is 1. The Morgan fingerprint density at radius 3 is 2.61 bits per heavy atom. The van der Waals surface area contributed by atoms with Crippen LogP contribution in [0, 0.1) is 11.6 Å². The summed E-state index contributed by atoms with van der Waals surface area (Å²) in [5.41, 5.74) is 0. The third kappa shape index (κ3) is 3.20. The Hall–Kier alpha value is -2.00. The van der Waals surface area contributed by atoms with Gasteiger partial charge in [0.2, 0.25) is 14.9 Å². The fourth-order valence-electron chi connectivity index (χ4n) is 1.72. The zero-order chi connectivity index (χ0) is 17.4. The molecule has 0 aliphatic heterocycles. The second kappa shape index (κ2) is 6.25. The molecule has 2 rings (SSSR count). The smallest absolute Gasteiger partial charge is 0.326 e. The van der Waals surface area contributed by atoms with E-state index >= 15 is 0 Å². The van der Waals surface area contributed by atoms with Crippen LogP contribution in [0.3, 0.4) is 0 Å². The van der Waals surface area contributed by atoms with E-state index in [1.54, 1.807) is 6.92 Å². The molecule has 2 aromatic rings. The van der Waals surface area contributed by atoms with Gasteiger partial charge in [-0.05, 0) is 19.1 Å². The maximum Gasteiger partial charge on any atom is 0.344 e. The van der Waals surface area contributed by atoms with Crippen LogP contribution in [0.5, 0.6) is 0 Å². The molecular formula is C13H12ClF2N3O3S. The molecule has 0 saturated carbocycles. The Kier molecular flexibility index (Phi) is 4.71. The largest absolute Gasteiger partial charge is 0.344 e. The maximum atomic E-state index is 13.7. The highest BCUT2D eigenvalue weighted by Crippen LogP contribution is 2.28. The van der Waals surface area contributed by atoms with Crippen LogP contribution < -0.4 is 0 Å². The van der Waals surface area contributed by atoms with E-state index in [0.717, 1.165) is 23.0 Å². The molecule has 1 amide bonds. The number of carbonyl (C=O) groups excluding carboxylic acids is 1. The van der Waals surface area contributed by atoms with Gasteiger partial charge in [0.15, 0.2) is 0 Å². The third-order valence-corrected chi connectivity index (χ3v) is 5.18. The fraction of sp³-hybridized carbons (Fsp3) is 0.231. The van der Waals surface area contributed by atoms with Gasteiger partial charge in [0.05, 0.1) is 11.2 Å². The molecule has 6 nitrogen and oxygen atoms in total. The molecule has 0 radical (unpaired) electrons. The van der Waals surface area contributed by atoms with Crippen molar-refractivity contribution in [2.45, 2.75) is 16.8 Å². The van der Waals surface area contributed by atoms with Crippen LogP contribution in [-0.4, -0.2) is 42.7 Å². The standard InChI is InChI=1S/C13H12ClF2N3O3S/c1-3-18(2)13(20)19-7-9(14)12(17-19)23(21,22)11-5-4-8(15)6-10(11)16/h4-7H,3H2,1-2H3. The van der Waals surface area contributed by atoms with Crippen LogP contribution in [-0.2, 0) is 9.84 Å². The van der Waals surface area contributed by atoms with Gasteiger partial charge in [-0.1, -0.05) is 11.6 Å². The minimum Gasteiger partial charge on any atom is -0.326 e. The second-order valence-corrected chi connectivity index (χ2v) is 6.84. The van der Waals surface area contributed by atoms with E-state index < -0.39 is 37.4 Å². The number of sulfone groups is 1. The molecule has 0 bridgehead atoms. The number of aromatic nitrogens is 2. The van der Waals surface area contributed by atoms with E-state index in [9.17, 15) is 22.0 Å². The van der Waals surface area contributed by atoms with Crippen LogP contribution >= 0.6 is 11.6 Å². The van der Waals surface area contributed by atoms with Gasteiger partial charge >= 0.3 is 6.03 Å². The maximum absolute atomic E-state index is 13.7. The Labute approximate surface area is 136 Å². The number of benzene rings is 1. The molecule has 1 aromatic carbocycles. The number of halogens is 3. The van der Waals surface area contributed by atoms with Crippen LogP contribution in [0.1, 0.15) is 6.92 Å². The Morgan fingerprint density at radius 2 is 2.04 bits per heavy atom. The molecule has 1 aromatic heterocycles. The first-order valence-corrected chi connectivity index (χ1v) is 8.25. The van der Waals surface area contributed by atoms with E-state index in [-0.39, 0.29) is 5.02 Å². The van der Waals surface area contributed by atoms with Crippen molar-refractivity contribution in [3.8, 4) is 0 Å². The number of hydrogen-bond donors (Lipinski definition) is 0. The Bertz CT molecular complexity index is 867. The third-order valence-electron chi connectivity index (χ3n) is 3.07. The highest BCUT2D eigenvalue weighted by molar-refractivity contribution is 7.91. The zero-order valence-corrected chi connectivity index (χ0v) is 13.7. The van der Waals surface area contributed by atoms with Crippen molar-refractivity contribution in [1.29, 1.82) is 0 Å². The summed E-state index contributed by atoms with van der Waals surface area (Å²) in [6.07, 6.45) is 1.02. The first kappa shape index (κ1) is 17.4. The molecule has 0 saturated heterocycles. The van der Waals surface area contributed by atoms with Gasteiger partial charge in [-0.2, -0.15) is 9.78 Å². The van der Waals surface area contributed by atoms with E-state index in [1.165, 1.54) is 11.9 Å². The molecule has 0 N–H and O–H groups in total. The van der Waals surface area contributed by atoms with Crippen molar-refractivity contribution >= 4 is 27.5 Å². The summed E-state index contributed by atoms with van der Waals surface area (Å²) in [5, 5.41) is 2.62. The van der Waals surface area contributed by atoms with Gasteiger partial charge in [-0.25, -0.2) is 22.0 Å². The van der Waals surface area contributed by atoms with Crippen LogP contribution in [0.4, 0.5) is 13.6 Å². The SMILES string of the molecule is CCN(C)C(=O)n1cc(Cl)c(S(=O)(=O)c2ccc(F)cc2F)n1. The number of amides is 1. The summed E-state index contributed by atoms with van der Waals surface area (Å²) in [7, 11) is -2.95. The number of hydrogen-bond acceptors (Lipinski definition) is 4. The minimum atomic E-state index is -4.44. The summed E-state index contributed by atoms with van der Waals surface area (Å²) < 4.78 is 52.2. The van der Waals surface area contributed by atoms with Gasteiger partial charge in [-0.15, -0.1) is 0 Å². The molecular weight excluding hydrogens is 352 g/mol. The lowest BCUT2D eigenvalue weighted by Gasteiger charge is -2.13.